The Labute approximate surface area is 115 Å². The van der Waals surface area contributed by atoms with Gasteiger partial charge in [-0.15, -0.1) is 0 Å². The van der Waals surface area contributed by atoms with E-state index in [0.29, 0.717) is 19.3 Å². The van der Waals surface area contributed by atoms with Crippen molar-refractivity contribution in [2.24, 2.45) is 17.3 Å². The molecule has 1 N–H and O–H groups in total. The Kier molecular flexibility index (Phi) is 5.72. The Morgan fingerprint density at radius 2 is 1.79 bits per heavy atom. The second kappa shape index (κ2) is 6.47. The lowest BCUT2D eigenvalue weighted by atomic mass is 9.70. The third kappa shape index (κ3) is 4.97. The number of halogens is 3. The highest BCUT2D eigenvalue weighted by molar-refractivity contribution is 4.91. The van der Waals surface area contributed by atoms with Crippen LogP contribution in [0.4, 0.5) is 13.2 Å². The van der Waals surface area contributed by atoms with Gasteiger partial charge in [0.2, 0.25) is 0 Å². The first-order valence-electron chi connectivity index (χ1n) is 7.46. The molecule has 0 aliphatic heterocycles. The first kappa shape index (κ1) is 16.8. The van der Waals surface area contributed by atoms with Gasteiger partial charge in [0.05, 0.1) is 5.92 Å². The third-order valence-corrected chi connectivity index (χ3v) is 4.20. The molecule has 1 nitrogen and oxygen atoms in total. The molecule has 0 saturated heterocycles. The number of hydrogen-bond donors (Lipinski definition) is 1. The molecule has 0 bridgehead atoms. The molecule has 0 aromatic heterocycles. The molecule has 1 aliphatic carbocycles. The zero-order chi connectivity index (χ0) is 14.7. The Balaban J connectivity index is 2.73. The molecule has 0 heterocycles. The van der Waals surface area contributed by atoms with E-state index in [9.17, 15) is 13.2 Å². The van der Waals surface area contributed by atoms with Gasteiger partial charge in [0.25, 0.3) is 0 Å². The van der Waals surface area contributed by atoms with E-state index in [0.717, 1.165) is 19.4 Å². The molecule has 1 aliphatic rings. The first-order chi connectivity index (χ1) is 8.66. The highest BCUT2D eigenvalue weighted by atomic mass is 19.4. The number of alkyl halides is 3. The Morgan fingerprint density at radius 1 is 1.16 bits per heavy atom. The van der Waals surface area contributed by atoms with Gasteiger partial charge in [0.1, 0.15) is 0 Å². The van der Waals surface area contributed by atoms with Crippen LogP contribution in [0.2, 0.25) is 0 Å². The summed E-state index contributed by atoms with van der Waals surface area (Å²) in [5, 5.41) is 3.48. The van der Waals surface area contributed by atoms with Crippen LogP contribution in [0.15, 0.2) is 0 Å². The zero-order valence-corrected chi connectivity index (χ0v) is 12.6. The van der Waals surface area contributed by atoms with E-state index in [1.165, 1.54) is 0 Å². The van der Waals surface area contributed by atoms with Crippen molar-refractivity contribution in [1.82, 2.24) is 5.32 Å². The highest BCUT2D eigenvalue weighted by Gasteiger charge is 2.45. The summed E-state index contributed by atoms with van der Waals surface area (Å²) in [5.41, 5.74) is 0.00727. The van der Waals surface area contributed by atoms with E-state index in [1.807, 2.05) is 0 Å². The molecular weight excluding hydrogens is 251 g/mol. The van der Waals surface area contributed by atoms with Crippen molar-refractivity contribution in [3.63, 3.8) is 0 Å². The standard InChI is InChI=1S/C15H28F3N/c1-5-9-19-13(14(2,3)4)11-7-6-8-12(10-11)15(16,17)18/h11-13,19H,5-10H2,1-4H3. The molecule has 1 saturated carbocycles. The van der Waals surface area contributed by atoms with Gasteiger partial charge in [-0.2, -0.15) is 13.2 Å². The Morgan fingerprint density at radius 3 is 2.26 bits per heavy atom. The molecule has 114 valence electrons. The maximum absolute atomic E-state index is 12.9. The molecule has 3 atom stereocenters. The van der Waals surface area contributed by atoms with Gasteiger partial charge in [-0.05, 0) is 43.6 Å². The predicted molar refractivity (Wildman–Crippen MR) is 73.0 cm³/mol. The lowest BCUT2D eigenvalue weighted by molar-refractivity contribution is -0.187. The summed E-state index contributed by atoms with van der Waals surface area (Å²) in [6.07, 6.45) is -0.777. The van der Waals surface area contributed by atoms with E-state index in [-0.39, 0.29) is 17.4 Å². The fourth-order valence-corrected chi connectivity index (χ4v) is 3.31. The monoisotopic (exact) mass is 279 g/mol. The van der Waals surface area contributed by atoms with Gasteiger partial charge < -0.3 is 5.32 Å². The molecule has 0 aromatic carbocycles. The van der Waals surface area contributed by atoms with Crippen molar-refractivity contribution in [2.45, 2.75) is 72.0 Å². The van der Waals surface area contributed by atoms with Crippen molar-refractivity contribution >= 4 is 0 Å². The average Bonchev–Trinajstić information content (AvgIpc) is 2.27. The molecule has 0 amide bonds. The van der Waals surface area contributed by atoms with Crippen molar-refractivity contribution < 1.29 is 13.2 Å². The molecule has 4 heteroatoms. The second-order valence-corrected chi connectivity index (χ2v) is 6.96. The zero-order valence-electron chi connectivity index (χ0n) is 12.6. The van der Waals surface area contributed by atoms with Gasteiger partial charge in [-0.3, -0.25) is 0 Å². The minimum Gasteiger partial charge on any atom is -0.313 e. The summed E-state index contributed by atoms with van der Waals surface area (Å²) in [6.45, 7) is 9.34. The topological polar surface area (TPSA) is 12.0 Å². The van der Waals surface area contributed by atoms with Crippen LogP contribution in [-0.2, 0) is 0 Å². The van der Waals surface area contributed by atoms with Crippen LogP contribution >= 0.6 is 0 Å². The third-order valence-electron chi connectivity index (χ3n) is 4.20. The van der Waals surface area contributed by atoms with Gasteiger partial charge in [-0.25, -0.2) is 0 Å². The summed E-state index contributed by atoms with van der Waals surface area (Å²) in [5.74, 6) is -0.952. The molecule has 1 rings (SSSR count). The largest absolute Gasteiger partial charge is 0.391 e. The molecule has 19 heavy (non-hydrogen) atoms. The molecular formula is C15H28F3N. The fourth-order valence-electron chi connectivity index (χ4n) is 3.31. The van der Waals surface area contributed by atoms with Crippen molar-refractivity contribution in [3.05, 3.63) is 0 Å². The highest BCUT2D eigenvalue weighted by Crippen LogP contribution is 2.43. The minimum atomic E-state index is -4.02. The quantitative estimate of drug-likeness (QED) is 0.781. The normalized spacial score (nSPS) is 27.3. The van der Waals surface area contributed by atoms with Gasteiger partial charge in [-0.1, -0.05) is 34.1 Å². The minimum absolute atomic E-state index is 0.00727. The maximum atomic E-state index is 12.9. The van der Waals surface area contributed by atoms with E-state index >= 15 is 0 Å². The van der Waals surface area contributed by atoms with Crippen LogP contribution in [0.1, 0.15) is 59.8 Å². The van der Waals surface area contributed by atoms with Gasteiger partial charge in [0.15, 0.2) is 0 Å². The average molecular weight is 279 g/mol. The summed E-state index contributed by atoms with van der Waals surface area (Å²) < 4.78 is 38.7. The van der Waals surface area contributed by atoms with Gasteiger partial charge >= 0.3 is 6.18 Å². The second-order valence-electron chi connectivity index (χ2n) is 6.96. The van der Waals surface area contributed by atoms with Crippen molar-refractivity contribution in [3.8, 4) is 0 Å². The van der Waals surface area contributed by atoms with Crippen molar-refractivity contribution in [2.75, 3.05) is 6.54 Å². The lowest BCUT2D eigenvalue weighted by Crippen LogP contribution is -2.48. The van der Waals surface area contributed by atoms with Crippen LogP contribution < -0.4 is 5.32 Å². The maximum Gasteiger partial charge on any atom is 0.391 e. The summed E-state index contributed by atoms with van der Waals surface area (Å²) in [4.78, 5) is 0. The summed E-state index contributed by atoms with van der Waals surface area (Å²) in [6, 6.07) is 0.178. The van der Waals surface area contributed by atoms with E-state index in [4.69, 9.17) is 0 Å². The predicted octanol–water partition coefficient (Wildman–Crippen LogP) is 4.77. The molecule has 0 spiro atoms. The summed E-state index contributed by atoms with van der Waals surface area (Å²) >= 11 is 0. The van der Waals surface area contributed by atoms with Gasteiger partial charge in [0, 0.05) is 6.04 Å². The number of nitrogens with one attached hydrogen (secondary N) is 1. The molecule has 3 unspecified atom stereocenters. The summed E-state index contributed by atoms with van der Waals surface area (Å²) in [7, 11) is 0. The SMILES string of the molecule is CCCNC(C1CCCC(C(F)(F)F)C1)C(C)(C)C. The van der Waals surface area contributed by atoms with Crippen LogP contribution in [0.25, 0.3) is 0 Å². The first-order valence-corrected chi connectivity index (χ1v) is 7.46. The molecule has 1 fully saturated rings. The number of hydrogen-bond acceptors (Lipinski definition) is 1. The van der Waals surface area contributed by atoms with Crippen LogP contribution in [0.5, 0.6) is 0 Å². The van der Waals surface area contributed by atoms with Crippen LogP contribution in [-0.4, -0.2) is 18.8 Å². The number of rotatable bonds is 4. The molecule has 0 aromatic rings. The Hall–Kier alpha value is -0.250. The lowest BCUT2D eigenvalue weighted by Gasteiger charge is -2.42. The fraction of sp³-hybridized carbons (Fsp3) is 1.00. The van der Waals surface area contributed by atoms with Crippen LogP contribution in [0, 0.1) is 17.3 Å². The van der Waals surface area contributed by atoms with Crippen LogP contribution in [0.3, 0.4) is 0 Å². The van der Waals surface area contributed by atoms with Crippen molar-refractivity contribution in [1.29, 1.82) is 0 Å². The molecule has 0 radical (unpaired) electrons. The van der Waals surface area contributed by atoms with E-state index < -0.39 is 12.1 Å². The van der Waals surface area contributed by atoms with E-state index in [1.54, 1.807) is 0 Å². The Bertz CT molecular complexity index is 268. The van der Waals surface area contributed by atoms with E-state index in [2.05, 4.69) is 33.0 Å². The smallest absolute Gasteiger partial charge is 0.313 e.